The van der Waals surface area contributed by atoms with E-state index >= 15 is 0 Å². The van der Waals surface area contributed by atoms with Crippen LogP contribution in [0.5, 0.6) is 5.75 Å². The number of benzene rings is 3. The molecule has 2 amide bonds. The first-order valence-corrected chi connectivity index (χ1v) is 11.5. The number of carbonyl (C=O) groups is 1. The molecule has 0 radical (unpaired) electrons. The van der Waals surface area contributed by atoms with Gasteiger partial charge in [-0.15, -0.1) is 0 Å². The van der Waals surface area contributed by atoms with Crippen molar-refractivity contribution in [2.45, 2.75) is 20.1 Å². The van der Waals surface area contributed by atoms with Crippen molar-refractivity contribution in [2.24, 2.45) is 0 Å². The molecule has 1 aromatic heterocycles. The van der Waals surface area contributed by atoms with E-state index < -0.39 is 34.7 Å². The van der Waals surface area contributed by atoms with Crippen molar-refractivity contribution in [3.05, 3.63) is 122 Å². The van der Waals surface area contributed by atoms with Crippen LogP contribution in [-0.4, -0.2) is 10.6 Å². The molecular weight excluding hydrogens is 507 g/mol. The summed E-state index contributed by atoms with van der Waals surface area (Å²) in [6.45, 7) is 1.36. The van der Waals surface area contributed by atoms with Crippen LogP contribution in [0.15, 0.2) is 77.6 Å². The predicted octanol–water partition coefficient (Wildman–Crippen LogP) is 6.12. The van der Waals surface area contributed by atoms with E-state index in [1.165, 1.54) is 37.3 Å². The van der Waals surface area contributed by atoms with Crippen LogP contribution < -0.4 is 20.9 Å². The molecular formula is C27H21ClF3N3O3. The van der Waals surface area contributed by atoms with Gasteiger partial charge in [-0.25, -0.2) is 18.0 Å². The number of ether oxygens (including phenoxy) is 1. The van der Waals surface area contributed by atoms with E-state index in [9.17, 15) is 22.8 Å². The number of nitrogens with one attached hydrogen (secondary N) is 2. The lowest BCUT2D eigenvalue weighted by Crippen LogP contribution is -2.28. The second-order valence-electron chi connectivity index (χ2n) is 8.05. The van der Waals surface area contributed by atoms with Crippen LogP contribution in [0.3, 0.4) is 0 Å². The van der Waals surface area contributed by atoms with Gasteiger partial charge < -0.3 is 15.4 Å². The highest BCUT2D eigenvalue weighted by Crippen LogP contribution is 2.27. The van der Waals surface area contributed by atoms with Crippen LogP contribution >= 0.6 is 11.6 Å². The molecule has 4 rings (SSSR count). The maximum Gasteiger partial charge on any atom is 0.319 e. The molecule has 0 bridgehead atoms. The van der Waals surface area contributed by atoms with Gasteiger partial charge in [0.15, 0.2) is 0 Å². The van der Waals surface area contributed by atoms with Crippen LogP contribution in [0, 0.1) is 24.4 Å². The summed E-state index contributed by atoms with van der Waals surface area (Å²) < 4.78 is 49.1. The van der Waals surface area contributed by atoms with Gasteiger partial charge in [0, 0.05) is 24.0 Å². The van der Waals surface area contributed by atoms with Gasteiger partial charge in [-0.1, -0.05) is 41.9 Å². The quantitative estimate of drug-likeness (QED) is 0.304. The largest absolute Gasteiger partial charge is 0.487 e. The molecule has 0 unspecified atom stereocenters. The van der Waals surface area contributed by atoms with Gasteiger partial charge in [0.2, 0.25) is 0 Å². The molecule has 0 atom stereocenters. The lowest BCUT2D eigenvalue weighted by Gasteiger charge is -2.16. The van der Waals surface area contributed by atoms with Crippen LogP contribution in [0.25, 0.3) is 5.69 Å². The maximum absolute atomic E-state index is 14.3. The summed E-state index contributed by atoms with van der Waals surface area (Å²) >= 11 is 6.21. The fraction of sp³-hybridized carbons (Fsp3) is 0.111. The Bertz CT molecular complexity index is 1490. The molecule has 190 valence electrons. The molecule has 37 heavy (non-hydrogen) atoms. The molecule has 6 nitrogen and oxygen atoms in total. The third-order valence-corrected chi connectivity index (χ3v) is 5.83. The Morgan fingerprint density at radius 1 is 0.946 bits per heavy atom. The van der Waals surface area contributed by atoms with Gasteiger partial charge in [0.25, 0.3) is 5.56 Å². The summed E-state index contributed by atoms with van der Waals surface area (Å²) in [6, 6.07) is 16.9. The minimum absolute atomic E-state index is 0.00393. The van der Waals surface area contributed by atoms with Gasteiger partial charge in [0.1, 0.15) is 40.5 Å². The number of aromatic nitrogens is 1. The fourth-order valence-corrected chi connectivity index (χ4v) is 3.89. The number of pyridine rings is 1. The molecule has 0 saturated carbocycles. The van der Waals surface area contributed by atoms with Crippen molar-refractivity contribution in [3.63, 3.8) is 0 Å². The standard InChI is InChI=1S/C27H21ClF3N3O3/c1-16-12-23(24(28)26(35)34(16)25-21(30)8-5-9-22(25)31)37-15-17-10-11-19(29)13-18(17)14-32-27(36)33-20-6-3-2-4-7-20/h2-13H,14-15H2,1H3,(H2,32,33,36). The average Bonchev–Trinajstić information content (AvgIpc) is 2.87. The molecule has 0 aliphatic rings. The third-order valence-electron chi connectivity index (χ3n) is 5.48. The average molecular weight is 528 g/mol. The Kier molecular flexibility index (Phi) is 7.83. The van der Waals surface area contributed by atoms with Crippen molar-refractivity contribution in [2.75, 3.05) is 5.32 Å². The highest BCUT2D eigenvalue weighted by atomic mass is 35.5. The Balaban J connectivity index is 1.52. The third kappa shape index (κ3) is 5.95. The second-order valence-corrected chi connectivity index (χ2v) is 8.43. The molecule has 10 heteroatoms. The molecule has 4 aromatic rings. The highest BCUT2D eigenvalue weighted by molar-refractivity contribution is 6.31. The number of aryl methyl sites for hydroxylation is 1. The molecule has 0 aliphatic heterocycles. The van der Waals surface area contributed by atoms with E-state index in [4.69, 9.17) is 16.3 Å². The Hall–Kier alpha value is -4.24. The molecule has 0 aliphatic carbocycles. The summed E-state index contributed by atoms with van der Waals surface area (Å²) in [6.07, 6.45) is 0. The van der Waals surface area contributed by atoms with Gasteiger partial charge in [-0.05, 0) is 54.4 Å². The second kappa shape index (κ2) is 11.2. The van der Waals surface area contributed by atoms with E-state index in [1.807, 2.05) is 6.07 Å². The topological polar surface area (TPSA) is 72.4 Å². The number of urea groups is 1. The van der Waals surface area contributed by atoms with Gasteiger partial charge in [-0.2, -0.15) is 0 Å². The Morgan fingerprint density at radius 3 is 2.35 bits per heavy atom. The van der Waals surface area contributed by atoms with E-state index in [0.717, 1.165) is 16.7 Å². The van der Waals surface area contributed by atoms with Crippen LogP contribution in [0.1, 0.15) is 16.8 Å². The molecule has 2 N–H and O–H groups in total. The first-order chi connectivity index (χ1) is 17.7. The number of hydrogen-bond donors (Lipinski definition) is 2. The zero-order valence-electron chi connectivity index (χ0n) is 19.5. The zero-order chi connectivity index (χ0) is 26.5. The van der Waals surface area contributed by atoms with E-state index in [-0.39, 0.29) is 29.6 Å². The van der Waals surface area contributed by atoms with Crippen molar-refractivity contribution >= 4 is 23.3 Å². The van der Waals surface area contributed by atoms with Crippen LogP contribution in [0.2, 0.25) is 5.02 Å². The fourth-order valence-electron chi connectivity index (χ4n) is 3.69. The van der Waals surface area contributed by atoms with Crippen LogP contribution in [-0.2, 0) is 13.2 Å². The van der Waals surface area contributed by atoms with E-state index in [2.05, 4.69) is 10.6 Å². The van der Waals surface area contributed by atoms with Crippen molar-refractivity contribution in [1.82, 2.24) is 9.88 Å². The number of amides is 2. The van der Waals surface area contributed by atoms with Crippen molar-refractivity contribution in [3.8, 4) is 11.4 Å². The van der Waals surface area contributed by atoms with Crippen molar-refractivity contribution < 1.29 is 22.7 Å². The van der Waals surface area contributed by atoms with Gasteiger partial charge >= 0.3 is 6.03 Å². The minimum Gasteiger partial charge on any atom is -0.487 e. The number of anilines is 1. The summed E-state index contributed by atoms with van der Waals surface area (Å²) in [5.74, 6) is -2.36. The number of carbonyl (C=O) groups excluding carboxylic acids is 1. The lowest BCUT2D eigenvalue weighted by atomic mass is 10.1. The number of halogens is 4. The SMILES string of the molecule is Cc1cc(OCc2ccc(F)cc2CNC(=O)Nc2ccccc2)c(Cl)c(=O)n1-c1c(F)cccc1F. The first kappa shape index (κ1) is 25.8. The Morgan fingerprint density at radius 2 is 1.65 bits per heavy atom. The number of rotatable bonds is 7. The maximum atomic E-state index is 14.3. The van der Waals surface area contributed by atoms with Crippen molar-refractivity contribution in [1.29, 1.82) is 0 Å². The van der Waals surface area contributed by atoms with Gasteiger partial charge in [-0.3, -0.25) is 9.36 Å². The summed E-state index contributed by atoms with van der Waals surface area (Å²) in [5.41, 5.74) is 0.348. The normalized spacial score (nSPS) is 10.7. The number of nitrogens with zero attached hydrogens (tertiary/aromatic N) is 1. The molecule has 0 spiro atoms. The molecule has 1 heterocycles. The lowest BCUT2D eigenvalue weighted by molar-refractivity contribution is 0.251. The van der Waals surface area contributed by atoms with Crippen LogP contribution in [0.4, 0.5) is 23.7 Å². The number of hydrogen-bond acceptors (Lipinski definition) is 3. The highest BCUT2D eigenvalue weighted by Gasteiger charge is 2.19. The zero-order valence-corrected chi connectivity index (χ0v) is 20.3. The number of para-hydroxylation sites is 2. The first-order valence-electron chi connectivity index (χ1n) is 11.1. The Labute approximate surface area is 215 Å². The smallest absolute Gasteiger partial charge is 0.319 e. The van der Waals surface area contributed by atoms with Gasteiger partial charge in [0.05, 0.1) is 0 Å². The predicted molar refractivity (Wildman–Crippen MR) is 135 cm³/mol. The summed E-state index contributed by atoms with van der Waals surface area (Å²) in [7, 11) is 0. The monoisotopic (exact) mass is 527 g/mol. The summed E-state index contributed by atoms with van der Waals surface area (Å²) in [5, 5.41) is 4.95. The van der Waals surface area contributed by atoms with E-state index in [1.54, 1.807) is 24.3 Å². The van der Waals surface area contributed by atoms with E-state index in [0.29, 0.717) is 16.8 Å². The summed E-state index contributed by atoms with van der Waals surface area (Å²) in [4.78, 5) is 25.1. The molecule has 3 aromatic carbocycles. The molecule has 0 fully saturated rings. The minimum atomic E-state index is -0.922. The molecule has 0 saturated heterocycles.